The number of hydrogen-bond donors (Lipinski definition) is 1. The van der Waals surface area contributed by atoms with Crippen molar-refractivity contribution in [3.8, 4) is 11.5 Å². The molecule has 0 amide bonds. The highest BCUT2D eigenvalue weighted by molar-refractivity contribution is 6.07. The lowest BCUT2D eigenvalue weighted by molar-refractivity contribution is 0.104. The molecule has 0 spiro atoms. The molecule has 0 aliphatic rings. The highest BCUT2D eigenvalue weighted by atomic mass is 16.5. The summed E-state index contributed by atoms with van der Waals surface area (Å²) in [6.45, 7) is 0.436. The maximum atomic E-state index is 12.1. The summed E-state index contributed by atoms with van der Waals surface area (Å²) in [4.78, 5) is 12.1. The van der Waals surface area contributed by atoms with Crippen LogP contribution in [0.1, 0.15) is 21.5 Å². The third kappa shape index (κ3) is 3.96. The zero-order chi connectivity index (χ0) is 15.9. The van der Waals surface area contributed by atoms with Crippen LogP contribution in [-0.4, -0.2) is 25.1 Å². The molecular weight excluding hydrogens is 280 g/mol. The minimum Gasteiger partial charge on any atom is -0.508 e. The zero-order valence-corrected chi connectivity index (χ0v) is 12.6. The number of phenolic OH excluding ortho intramolecular Hbond substituents is 1. The molecule has 4 nitrogen and oxygen atoms in total. The summed E-state index contributed by atoms with van der Waals surface area (Å²) >= 11 is 0. The van der Waals surface area contributed by atoms with E-state index in [1.54, 1.807) is 32.4 Å². The molecule has 1 N–H and O–H groups in total. The summed E-state index contributed by atoms with van der Waals surface area (Å²) in [5.74, 6) is 0.657. The first-order valence-corrected chi connectivity index (χ1v) is 6.81. The molecule has 0 aromatic heterocycles. The van der Waals surface area contributed by atoms with E-state index < -0.39 is 0 Å². The second-order valence-corrected chi connectivity index (χ2v) is 4.75. The molecule has 0 radical (unpaired) electrons. The Morgan fingerprint density at radius 3 is 2.68 bits per heavy atom. The van der Waals surface area contributed by atoms with E-state index in [1.807, 2.05) is 18.2 Å². The molecule has 0 saturated carbocycles. The molecule has 0 fully saturated rings. The number of benzene rings is 2. The van der Waals surface area contributed by atoms with Gasteiger partial charge in [0, 0.05) is 18.2 Å². The maximum absolute atomic E-state index is 12.1. The molecule has 0 aliphatic carbocycles. The molecule has 0 bridgehead atoms. The minimum atomic E-state index is -0.167. The number of allylic oxidation sites excluding steroid dienone is 1. The molecule has 114 valence electrons. The van der Waals surface area contributed by atoms with Crippen molar-refractivity contribution in [1.82, 2.24) is 0 Å². The van der Waals surface area contributed by atoms with E-state index in [9.17, 15) is 9.90 Å². The van der Waals surface area contributed by atoms with Crippen molar-refractivity contribution in [2.75, 3.05) is 14.2 Å². The van der Waals surface area contributed by atoms with Gasteiger partial charge < -0.3 is 14.6 Å². The van der Waals surface area contributed by atoms with Gasteiger partial charge in [0.05, 0.1) is 13.7 Å². The lowest BCUT2D eigenvalue weighted by atomic mass is 10.1. The Balaban J connectivity index is 2.19. The van der Waals surface area contributed by atoms with Crippen molar-refractivity contribution < 1.29 is 19.4 Å². The molecular formula is C18H18O4. The second kappa shape index (κ2) is 7.43. The average Bonchev–Trinajstić information content (AvgIpc) is 2.53. The molecule has 2 aromatic rings. The zero-order valence-electron chi connectivity index (χ0n) is 12.6. The van der Waals surface area contributed by atoms with Crippen LogP contribution in [0.2, 0.25) is 0 Å². The first-order valence-electron chi connectivity index (χ1n) is 6.81. The van der Waals surface area contributed by atoms with Gasteiger partial charge in [-0.2, -0.15) is 0 Å². The number of carbonyl (C=O) groups is 1. The van der Waals surface area contributed by atoms with Crippen molar-refractivity contribution in [3.05, 3.63) is 65.2 Å². The molecule has 0 atom stereocenters. The van der Waals surface area contributed by atoms with Crippen molar-refractivity contribution >= 4 is 11.9 Å². The summed E-state index contributed by atoms with van der Waals surface area (Å²) in [5, 5.41) is 9.40. The topological polar surface area (TPSA) is 55.8 Å². The number of ketones is 1. The minimum absolute atomic E-state index is 0.0751. The van der Waals surface area contributed by atoms with Crippen LogP contribution in [0.4, 0.5) is 0 Å². The summed E-state index contributed by atoms with van der Waals surface area (Å²) < 4.78 is 10.4. The summed E-state index contributed by atoms with van der Waals surface area (Å²) in [5.41, 5.74) is 2.24. The third-order valence-electron chi connectivity index (χ3n) is 3.16. The van der Waals surface area contributed by atoms with Crippen LogP contribution in [0.5, 0.6) is 11.5 Å². The van der Waals surface area contributed by atoms with Crippen LogP contribution < -0.4 is 4.74 Å². The van der Waals surface area contributed by atoms with Gasteiger partial charge in [0.2, 0.25) is 0 Å². The Morgan fingerprint density at radius 1 is 1.18 bits per heavy atom. The number of phenols is 1. The van der Waals surface area contributed by atoms with Crippen molar-refractivity contribution in [3.63, 3.8) is 0 Å². The summed E-state index contributed by atoms with van der Waals surface area (Å²) in [7, 11) is 3.22. The van der Waals surface area contributed by atoms with Crippen LogP contribution in [-0.2, 0) is 11.3 Å². The molecule has 0 saturated heterocycles. The first kappa shape index (κ1) is 15.8. The van der Waals surface area contributed by atoms with Crippen molar-refractivity contribution in [2.24, 2.45) is 0 Å². The van der Waals surface area contributed by atoms with Crippen LogP contribution in [0, 0.1) is 0 Å². The Labute approximate surface area is 129 Å². The first-order chi connectivity index (χ1) is 10.6. The second-order valence-electron chi connectivity index (χ2n) is 4.75. The molecule has 0 heterocycles. The fourth-order valence-corrected chi connectivity index (χ4v) is 2.10. The number of carbonyl (C=O) groups excluding carboxylic acids is 1. The molecule has 2 aromatic carbocycles. The van der Waals surface area contributed by atoms with Gasteiger partial charge >= 0.3 is 0 Å². The van der Waals surface area contributed by atoms with E-state index >= 15 is 0 Å². The Morgan fingerprint density at radius 2 is 2.00 bits per heavy atom. The highest BCUT2D eigenvalue weighted by Crippen LogP contribution is 2.21. The van der Waals surface area contributed by atoms with E-state index in [0.29, 0.717) is 12.2 Å². The number of ether oxygens (including phenoxy) is 2. The van der Waals surface area contributed by atoms with Crippen molar-refractivity contribution in [2.45, 2.75) is 6.61 Å². The average molecular weight is 298 g/mol. The monoisotopic (exact) mass is 298 g/mol. The molecule has 0 unspecified atom stereocenters. The van der Waals surface area contributed by atoms with Crippen LogP contribution in [0.3, 0.4) is 0 Å². The number of hydrogen-bond acceptors (Lipinski definition) is 4. The molecule has 4 heteroatoms. The van der Waals surface area contributed by atoms with Gasteiger partial charge in [-0.1, -0.05) is 24.3 Å². The van der Waals surface area contributed by atoms with E-state index in [4.69, 9.17) is 9.47 Å². The Hall–Kier alpha value is -2.59. The fraction of sp³-hybridized carbons (Fsp3) is 0.167. The van der Waals surface area contributed by atoms with Crippen LogP contribution in [0.25, 0.3) is 6.08 Å². The van der Waals surface area contributed by atoms with Gasteiger partial charge in [-0.25, -0.2) is 0 Å². The van der Waals surface area contributed by atoms with E-state index in [1.165, 1.54) is 18.2 Å². The molecule has 2 rings (SSSR count). The van der Waals surface area contributed by atoms with Gasteiger partial charge in [-0.15, -0.1) is 0 Å². The van der Waals surface area contributed by atoms with Crippen molar-refractivity contribution in [1.29, 1.82) is 0 Å². The number of methoxy groups -OCH3 is 2. The SMILES string of the molecule is COCc1cc(/C=C/C(=O)c2cccc(O)c2)ccc1OC. The summed E-state index contributed by atoms with van der Waals surface area (Å²) in [6, 6.07) is 11.9. The lowest BCUT2D eigenvalue weighted by Crippen LogP contribution is -1.95. The third-order valence-corrected chi connectivity index (χ3v) is 3.16. The summed E-state index contributed by atoms with van der Waals surface area (Å²) in [6.07, 6.45) is 3.21. The highest BCUT2D eigenvalue weighted by Gasteiger charge is 2.05. The van der Waals surface area contributed by atoms with Crippen LogP contribution >= 0.6 is 0 Å². The lowest BCUT2D eigenvalue weighted by Gasteiger charge is -2.08. The predicted molar refractivity (Wildman–Crippen MR) is 85.2 cm³/mol. The Bertz CT molecular complexity index is 689. The number of rotatable bonds is 6. The fourth-order valence-electron chi connectivity index (χ4n) is 2.10. The van der Waals surface area contributed by atoms with Gasteiger partial charge in [0.1, 0.15) is 11.5 Å². The predicted octanol–water partition coefficient (Wildman–Crippen LogP) is 3.44. The molecule has 0 aliphatic heterocycles. The van der Waals surface area contributed by atoms with E-state index in [-0.39, 0.29) is 11.5 Å². The smallest absolute Gasteiger partial charge is 0.185 e. The Kier molecular flexibility index (Phi) is 5.33. The quantitative estimate of drug-likeness (QED) is 0.655. The maximum Gasteiger partial charge on any atom is 0.185 e. The van der Waals surface area contributed by atoms with Crippen LogP contribution in [0.15, 0.2) is 48.5 Å². The standard InChI is InChI=1S/C18H18O4/c1-21-12-15-10-13(7-9-18(15)22-2)6-8-17(20)14-4-3-5-16(19)11-14/h3-11,19H,12H2,1-2H3/b8-6+. The molecule has 22 heavy (non-hydrogen) atoms. The van der Waals surface area contributed by atoms with E-state index in [2.05, 4.69) is 0 Å². The largest absolute Gasteiger partial charge is 0.508 e. The van der Waals surface area contributed by atoms with Gasteiger partial charge in [0.25, 0.3) is 0 Å². The normalized spacial score (nSPS) is 10.8. The van der Waals surface area contributed by atoms with Gasteiger partial charge in [0.15, 0.2) is 5.78 Å². The van der Waals surface area contributed by atoms with Gasteiger partial charge in [-0.05, 0) is 35.9 Å². The number of aromatic hydroxyl groups is 1. The van der Waals surface area contributed by atoms with E-state index in [0.717, 1.165) is 16.9 Å². The van der Waals surface area contributed by atoms with Gasteiger partial charge in [-0.3, -0.25) is 4.79 Å².